The van der Waals surface area contributed by atoms with Gasteiger partial charge in [-0.15, -0.1) is 0 Å². The molecule has 0 atom stereocenters. The number of aryl methyl sites for hydroxylation is 1. The number of hydrogen-bond acceptors (Lipinski definition) is 5. The van der Waals surface area contributed by atoms with Gasteiger partial charge in [0.25, 0.3) is 0 Å². The van der Waals surface area contributed by atoms with Crippen molar-refractivity contribution in [3.8, 4) is 0 Å². The Morgan fingerprint density at radius 2 is 2.17 bits per heavy atom. The van der Waals surface area contributed by atoms with Gasteiger partial charge < -0.3 is 16.2 Å². The number of nitrogens with zero attached hydrogens (tertiary/aromatic N) is 2. The molecule has 18 heavy (non-hydrogen) atoms. The van der Waals surface area contributed by atoms with Crippen LogP contribution in [-0.4, -0.2) is 33.5 Å². The van der Waals surface area contributed by atoms with Crippen molar-refractivity contribution < 1.29 is 14.7 Å². The largest absolute Gasteiger partial charge is 0.478 e. The van der Waals surface area contributed by atoms with Gasteiger partial charge in [0.15, 0.2) is 0 Å². The Kier molecular flexibility index (Phi) is 5.04. The van der Waals surface area contributed by atoms with Crippen molar-refractivity contribution in [2.45, 2.75) is 26.2 Å². The van der Waals surface area contributed by atoms with Gasteiger partial charge in [0, 0.05) is 19.2 Å². The van der Waals surface area contributed by atoms with Crippen molar-refractivity contribution in [1.82, 2.24) is 9.97 Å². The Bertz CT molecular complexity index is 448. The van der Waals surface area contributed by atoms with Crippen LogP contribution in [0.4, 0.5) is 5.95 Å². The molecule has 0 aliphatic carbocycles. The van der Waals surface area contributed by atoms with Crippen LogP contribution < -0.4 is 11.1 Å². The van der Waals surface area contributed by atoms with Crippen LogP contribution in [0.25, 0.3) is 0 Å². The number of amides is 1. The third-order valence-corrected chi connectivity index (χ3v) is 2.34. The first kappa shape index (κ1) is 13.9. The van der Waals surface area contributed by atoms with Crippen molar-refractivity contribution in [2.24, 2.45) is 5.73 Å². The minimum atomic E-state index is -1.04. The van der Waals surface area contributed by atoms with E-state index < -0.39 is 5.97 Å². The average molecular weight is 252 g/mol. The first-order chi connectivity index (χ1) is 8.50. The fraction of sp³-hybridized carbons (Fsp3) is 0.455. The van der Waals surface area contributed by atoms with Gasteiger partial charge in [0.05, 0.1) is 11.3 Å². The maximum absolute atomic E-state index is 10.8. The molecule has 0 unspecified atom stereocenters. The molecule has 1 heterocycles. The highest BCUT2D eigenvalue weighted by Gasteiger charge is 2.09. The summed E-state index contributed by atoms with van der Waals surface area (Å²) >= 11 is 0. The zero-order chi connectivity index (χ0) is 13.5. The van der Waals surface area contributed by atoms with Crippen molar-refractivity contribution in [2.75, 3.05) is 11.9 Å². The van der Waals surface area contributed by atoms with Gasteiger partial charge in [-0.2, -0.15) is 0 Å². The Morgan fingerprint density at radius 1 is 1.44 bits per heavy atom. The standard InChI is InChI=1S/C11H16N4O3/c1-7-8(10(17)18)6-14-11(15-7)13-5-3-2-4-9(12)16/h6H,2-5H2,1H3,(H2,12,16)(H,17,18)(H,13,14,15). The lowest BCUT2D eigenvalue weighted by Gasteiger charge is -2.06. The lowest BCUT2D eigenvalue weighted by molar-refractivity contribution is -0.118. The third-order valence-electron chi connectivity index (χ3n) is 2.34. The molecule has 0 aliphatic heterocycles. The summed E-state index contributed by atoms with van der Waals surface area (Å²) in [6.45, 7) is 2.22. The maximum Gasteiger partial charge on any atom is 0.339 e. The Balaban J connectivity index is 2.42. The number of carboxylic acid groups (broad SMARTS) is 1. The van der Waals surface area contributed by atoms with E-state index in [1.54, 1.807) is 6.92 Å². The van der Waals surface area contributed by atoms with E-state index >= 15 is 0 Å². The van der Waals surface area contributed by atoms with Crippen LogP contribution in [-0.2, 0) is 4.79 Å². The number of carbonyl (C=O) groups is 2. The van der Waals surface area contributed by atoms with Crippen LogP contribution in [0, 0.1) is 6.92 Å². The number of nitrogens with two attached hydrogens (primary N) is 1. The van der Waals surface area contributed by atoms with E-state index in [4.69, 9.17) is 10.8 Å². The smallest absolute Gasteiger partial charge is 0.339 e. The van der Waals surface area contributed by atoms with E-state index in [1.165, 1.54) is 6.20 Å². The van der Waals surface area contributed by atoms with Crippen LogP contribution in [0.15, 0.2) is 6.20 Å². The molecule has 1 amide bonds. The molecular formula is C11H16N4O3. The van der Waals surface area contributed by atoms with Gasteiger partial charge in [-0.05, 0) is 19.8 Å². The van der Waals surface area contributed by atoms with E-state index in [0.29, 0.717) is 31.0 Å². The molecule has 0 aliphatic rings. The summed E-state index contributed by atoms with van der Waals surface area (Å²) < 4.78 is 0. The number of hydrogen-bond donors (Lipinski definition) is 3. The molecule has 7 nitrogen and oxygen atoms in total. The number of nitrogens with one attached hydrogen (secondary N) is 1. The van der Waals surface area contributed by atoms with E-state index in [2.05, 4.69) is 15.3 Å². The van der Waals surface area contributed by atoms with Gasteiger partial charge in [-0.25, -0.2) is 14.8 Å². The summed E-state index contributed by atoms with van der Waals surface area (Å²) in [5, 5.41) is 11.8. The lowest BCUT2D eigenvalue weighted by atomic mass is 10.2. The molecule has 0 saturated carbocycles. The molecule has 0 fully saturated rings. The van der Waals surface area contributed by atoms with Gasteiger partial charge in [0.1, 0.15) is 0 Å². The molecular weight excluding hydrogens is 236 g/mol. The zero-order valence-electron chi connectivity index (χ0n) is 10.1. The Morgan fingerprint density at radius 3 is 2.72 bits per heavy atom. The molecule has 0 bridgehead atoms. The van der Waals surface area contributed by atoms with Gasteiger partial charge in [-0.3, -0.25) is 4.79 Å². The predicted molar refractivity (Wildman–Crippen MR) is 65.3 cm³/mol. The number of carbonyl (C=O) groups excluding carboxylic acids is 1. The van der Waals surface area contributed by atoms with Crippen LogP contribution >= 0.6 is 0 Å². The van der Waals surface area contributed by atoms with Gasteiger partial charge in [-0.1, -0.05) is 0 Å². The van der Waals surface area contributed by atoms with Gasteiger partial charge in [0.2, 0.25) is 11.9 Å². The summed E-state index contributed by atoms with van der Waals surface area (Å²) in [6, 6.07) is 0. The molecule has 1 aromatic heterocycles. The second-order valence-electron chi connectivity index (χ2n) is 3.85. The van der Waals surface area contributed by atoms with Crippen molar-refractivity contribution in [3.63, 3.8) is 0 Å². The number of primary amides is 1. The van der Waals surface area contributed by atoms with E-state index in [0.717, 1.165) is 6.42 Å². The van der Waals surface area contributed by atoms with Gasteiger partial charge >= 0.3 is 5.97 Å². The first-order valence-corrected chi connectivity index (χ1v) is 5.60. The average Bonchev–Trinajstić information content (AvgIpc) is 2.27. The monoisotopic (exact) mass is 252 g/mol. The molecule has 0 aromatic carbocycles. The Hall–Kier alpha value is -2.18. The molecule has 7 heteroatoms. The quantitative estimate of drug-likeness (QED) is 0.610. The lowest BCUT2D eigenvalue weighted by Crippen LogP contribution is -2.12. The zero-order valence-corrected chi connectivity index (χ0v) is 10.1. The number of rotatable bonds is 7. The van der Waals surface area contributed by atoms with E-state index in [1.807, 2.05) is 0 Å². The first-order valence-electron chi connectivity index (χ1n) is 5.60. The maximum atomic E-state index is 10.8. The molecule has 0 spiro atoms. The molecule has 0 saturated heterocycles. The normalized spacial score (nSPS) is 10.1. The summed E-state index contributed by atoms with van der Waals surface area (Å²) in [5.74, 6) is -0.968. The van der Waals surface area contributed by atoms with Crippen LogP contribution in [0.2, 0.25) is 0 Å². The molecule has 1 aromatic rings. The number of anilines is 1. The van der Waals surface area contributed by atoms with Crippen molar-refractivity contribution in [1.29, 1.82) is 0 Å². The number of unbranched alkanes of at least 4 members (excludes halogenated alkanes) is 1. The molecule has 4 N–H and O–H groups in total. The van der Waals surface area contributed by atoms with E-state index in [9.17, 15) is 9.59 Å². The molecule has 1 rings (SSSR count). The summed E-state index contributed by atoms with van der Waals surface area (Å²) in [6.07, 6.45) is 3.11. The van der Waals surface area contributed by atoms with E-state index in [-0.39, 0.29) is 11.5 Å². The highest BCUT2D eigenvalue weighted by atomic mass is 16.4. The van der Waals surface area contributed by atoms with Crippen molar-refractivity contribution >= 4 is 17.8 Å². The Labute approximate surface area is 104 Å². The molecule has 0 radical (unpaired) electrons. The topological polar surface area (TPSA) is 118 Å². The van der Waals surface area contributed by atoms with Crippen LogP contribution in [0.1, 0.15) is 35.3 Å². The SMILES string of the molecule is Cc1nc(NCCCCC(N)=O)ncc1C(=O)O. The minimum absolute atomic E-state index is 0.0919. The number of aromatic nitrogens is 2. The predicted octanol–water partition coefficient (Wildman–Crippen LogP) is 0.551. The summed E-state index contributed by atoms with van der Waals surface area (Å²) in [7, 11) is 0. The second kappa shape index (κ2) is 6.53. The second-order valence-corrected chi connectivity index (χ2v) is 3.85. The summed E-state index contributed by atoms with van der Waals surface area (Å²) in [4.78, 5) is 29.2. The van der Waals surface area contributed by atoms with Crippen molar-refractivity contribution in [3.05, 3.63) is 17.5 Å². The highest BCUT2D eigenvalue weighted by molar-refractivity contribution is 5.88. The molecule has 98 valence electrons. The highest BCUT2D eigenvalue weighted by Crippen LogP contribution is 2.07. The fourth-order valence-electron chi connectivity index (χ4n) is 1.39. The third kappa shape index (κ3) is 4.36. The summed E-state index contributed by atoms with van der Waals surface area (Å²) in [5.41, 5.74) is 5.52. The fourth-order valence-corrected chi connectivity index (χ4v) is 1.39. The number of aromatic carboxylic acids is 1. The van der Waals surface area contributed by atoms with Crippen LogP contribution in [0.5, 0.6) is 0 Å². The minimum Gasteiger partial charge on any atom is -0.478 e. The van der Waals surface area contributed by atoms with Crippen LogP contribution in [0.3, 0.4) is 0 Å². The number of carboxylic acids is 1.